The summed E-state index contributed by atoms with van der Waals surface area (Å²) in [6.07, 6.45) is 0. The van der Waals surface area contributed by atoms with Gasteiger partial charge in [0.15, 0.2) is 17.0 Å². The Labute approximate surface area is 357 Å². The Morgan fingerprint density at radius 3 is 1.41 bits per heavy atom. The van der Waals surface area contributed by atoms with E-state index in [-0.39, 0.29) is 22.6 Å². The number of rotatable bonds is 4. The van der Waals surface area contributed by atoms with E-state index in [1.165, 1.54) is 6.07 Å². The van der Waals surface area contributed by atoms with Crippen LogP contribution in [0.15, 0.2) is 185 Å². The maximum Gasteiger partial charge on any atom is 0.215 e. The second-order valence-corrected chi connectivity index (χ2v) is 15.9. The topological polar surface area (TPSA) is 64.3 Å². The average Bonchev–Trinajstić information content (AvgIpc) is 4.09. The molecule has 6 nitrogen and oxygen atoms in total. The first-order valence-electron chi connectivity index (χ1n) is 20.6. The van der Waals surface area contributed by atoms with Gasteiger partial charge in [-0.15, -0.1) is 0 Å². The van der Waals surface area contributed by atoms with Crippen LogP contribution in [0.3, 0.4) is 0 Å². The van der Waals surface area contributed by atoms with Crippen LogP contribution in [0.1, 0.15) is 5.56 Å². The summed E-state index contributed by atoms with van der Waals surface area (Å²) in [7, 11) is 0. The van der Waals surface area contributed by atoms with Crippen LogP contribution in [-0.2, 0) is 0 Å². The van der Waals surface area contributed by atoms with E-state index in [0.29, 0.717) is 44.4 Å². The van der Waals surface area contributed by atoms with Crippen LogP contribution in [0.5, 0.6) is 0 Å². The molecule has 0 radical (unpaired) electrons. The standard InChI is InChI=1S/C56H29FN4O2/c1-59-45-30-36(31-58)51(60-46-26-20-34(32-12-4-2-5-13-32)28-43(46)39-22-24-41-37-16-8-10-18-48(37)62-55(41)52(39)60)50(57)54(45)61-47-27-21-35(33-14-6-3-7-15-33)29-44(47)40-23-25-42-38-17-9-11-19-49(38)63-56(42)53(40)61/h2-30H. The molecular formula is C56H29FN4O2. The van der Waals surface area contributed by atoms with Crippen LogP contribution in [-0.4, -0.2) is 9.13 Å². The van der Waals surface area contributed by atoms with Crippen molar-refractivity contribution in [1.82, 2.24) is 9.13 Å². The molecule has 4 heterocycles. The normalized spacial score (nSPS) is 11.9. The molecule has 4 aromatic heterocycles. The monoisotopic (exact) mass is 808 g/mol. The van der Waals surface area contributed by atoms with E-state index >= 15 is 4.39 Å². The Morgan fingerprint density at radius 2 is 0.921 bits per heavy atom. The summed E-state index contributed by atoms with van der Waals surface area (Å²) in [5, 5.41) is 18.0. The van der Waals surface area contributed by atoms with E-state index < -0.39 is 5.82 Å². The van der Waals surface area contributed by atoms with Crippen molar-refractivity contribution in [1.29, 1.82) is 5.26 Å². The van der Waals surface area contributed by atoms with Crippen molar-refractivity contribution in [3.63, 3.8) is 0 Å². The van der Waals surface area contributed by atoms with Crippen LogP contribution in [0.4, 0.5) is 10.1 Å². The Balaban J connectivity index is 1.20. The third kappa shape index (κ3) is 4.85. The summed E-state index contributed by atoms with van der Waals surface area (Å²) in [4.78, 5) is 3.95. The Morgan fingerprint density at radius 1 is 0.460 bits per heavy atom. The molecule has 0 fully saturated rings. The number of nitriles is 1. The van der Waals surface area contributed by atoms with Gasteiger partial charge in [0.2, 0.25) is 5.69 Å². The Bertz CT molecular complexity index is 3910. The van der Waals surface area contributed by atoms with Gasteiger partial charge in [0.05, 0.1) is 45.6 Å². The summed E-state index contributed by atoms with van der Waals surface area (Å²) in [6.45, 7) is 8.54. The molecule has 9 aromatic carbocycles. The summed E-state index contributed by atoms with van der Waals surface area (Å²) in [6, 6.07) is 60.2. The molecule has 7 heteroatoms. The molecule has 0 bridgehead atoms. The highest BCUT2D eigenvalue weighted by Gasteiger charge is 2.30. The third-order valence-corrected chi connectivity index (χ3v) is 12.6. The van der Waals surface area contributed by atoms with Crippen molar-refractivity contribution in [3.05, 3.63) is 199 Å². The lowest BCUT2D eigenvalue weighted by Gasteiger charge is -2.18. The molecule has 63 heavy (non-hydrogen) atoms. The van der Waals surface area contributed by atoms with Crippen molar-refractivity contribution in [2.75, 3.05) is 0 Å². The van der Waals surface area contributed by atoms with Gasteiger partial charge >= 0.3 is 0 Å². The number of fused-ring (bicyclic) bond motifs is 14. The lowest BCUT2D eigenvalue weighted by molar-refractivity contribution is 0.614. The second kappa shape index (κ2) is 13.0. The highest BCUT2D eigenvalue weighted by molar-refractivity contribution is 6.24. The minimum atomic E-state index is -0.724. The van der Waals surface area contributed by atoms with Crippen LogP contribution < -0.4 is 0 Å². The van der Waals surface area contributed by atoms with Gasteiger partial charge in [-0.05, 0) is 76.9 Å². The fraction of sp³-hybridized carbons (Fsp3) is 0. The third-order valence-electron chi connectivity index (χ3n) is 12.6. The van der Waals surface area contributed by atoms with Crippen LogP contribution >= 0.6 is 0 Å². The van der Waals surface area contributed by atoms with Crippen molar-refractivity contribution in [3.8, 4) is 39.7 Å². The Kier molecular flexibility index (Phi) is 7.23. The maximum absolute atomic E-state index is 18.9. The molecule has 0 spiro atoms. The number of furan rings is 2. The summed E-state index contributed by atoms with van der Waals surface area (Å²) >= 11 is 0. The molecule has 13 rings (SSSR count). The molecule has 0 saturated heterocycles. The number of hydrogen-bond acceptors (Lipinski definition) is 3. The molecule has 13 aromatic rings. The lowest BCUT2D eigenvalue weighted by atomic mass is 10.0. The predicted molar refractivity (Wildman–Crippen MR) is 251 cm³/mol. The highest BCUT2D eigenvalue weighted by atomic mass is 19.1. The van der Waals surface area contributed by atoms with Crippen molar-refractivity contribution in [2.45, 2.75) is 0 Å². The van der Waals surface area contributed by atoms with Gasteiger partial charge in [0.1, 0.15) is 17.2 Å². The lowest BCUT2D eigenvalue weighted by Crippen LogP contribution is -2.07. The van der Waals surface area contributed by atoms with Crippen molar-refractivity contribution in [2.24, 2.45) is 0 Å². The van der Waals surface area contributed by atoms with E-state index in [1.807, 2.05) is 118 Å². The molecule has 292 valence electrons. The number of nitrogens with zero attached hydrogens (tertiary/aromatic N) is 4. The fourth-order valence-corrected chi connectivity index (χ4v) is 9.87. The largest absolute Gasteiger partial charge is 0.454 e. The van der Waals surface area contributed by atoms with E-state index in [2.05, 4.69) is 71.6 Å². The fourth-order valence-electron chi connectivity index (χ4n) is 9.87. The molecule has 0 aliphatic heterocycles. The van der Waals surface area contributed by atoms with E-state index in [4.69, 9.17) is 15.4 Å². The summed E-state index contributed by atoms with van der Waals surface area (Å²) in [5.74, 6) is -0.724. The minimum absolute atomic E-state index is 0.00661. The smallest absolute Gasteiger partial charge is 0.215 e. The summed E-state index contributed by atoms with van der Waals surface area (Å²) < 4.78 is 35.9. The summed E-state index contributed by atoms with van der Waals surface area (Å²) in [5.41, 5.74) is 9.26. The first-order chi connectivity index (χ1) is 31.1. The van der Waals surface area contributed by atoms with E-state index in [0.717, 1.165) is 65.3 Å². The molecule has 0 aliphatic carbocycles. The number of para-hydroxylation sites is 2. The number of benzene rings is 9. The Hall–Kier alpha value is -8.91. The van der Waals surface area contributed by atoms with Gasteiger partial charge in [-0.25, -0.2) is 9.24 Å². The highest BCUT2D eigenvalue weighted by Crippen LogP contribution is 2.47. The quantitative estimate of drug-likeness (QED) is 0.166. The zero-order chi connectivity index (χ0) is 41.9. The van der Waals surface area contributed by atoms with Gasteiger partial charge in [-0.3, -0.25) is 0 Å². The molecular weight excluding hydrogens is 780 g/mol. The molecule has 0 amide bonds. The second-order valence-electron chi connectivity index (χ2n) is 15.9. The molecule has 0 atom stereocenters. The van der Waals surface area contributed by atoms with Gasteiger partial charge in [-0.1, -0.05) is 121 Å². The number of aromatic nitrogens is 2. The van der Waals surface area contributed by atoms with Crippen molar-refractivity contribution >= 4 is 93.2 Å². The SMILES string of the molecule is [C-]#[N+]c1cc(C#N)c(-n2c3ccc(-c4ccccc4)cc3c3ccc4c5ccccc5oc4c32)c(F)c1-n1c2ccc(-c3ccccc3)cc2c2ccc3c4ccccc4oc3c21. The number of halogens is 1. The van der Waals surface area contributed by atoms with Crippen LogP contribution in [0.25, 0.3) is 126 Å². The van der Waals surface area contributed by atoms with E-state index in [1.54, 1.807) is 0 Å². The van der Waals surface area contributed by atoms with Crippen LogP contribution in [0, 0.1) is 23.7 Å². The molecule has 0 unspecified atom stereocenters. The molecule has 0 aliphatic rings. The minimum Gasteiger partial charge on any atom is -0.454 e. The van der Waals surface area contributed by atoms with Gasteiger partial charge in [0, 0.05) is 43.1 Å². The zero-order valence-corrected chi connectivity index (χ0v) is 33.2. The van der Waals surface area contributed by atoms with Gasteiger partial charge in [-0.2, -0.15) is 5.26 Å². The van der Waals surface area contributed by atoms with Crippen LogP contribution in [0.2, 0.25) is 0 Å². The first-order valence-corrected chi connectivity index (χ1v) is 20.6. The maximum atomic E-state index is 18.9. The number of hydrogen-bond donors (Lipinski definition) is 0. The van der Waals surface area contributed by atoms with Crippen molar-refractivity contribution < 1.29 is 13.2 Å². The molecule has 0 saturated carbocycles. The zero-order valence-electron chi connectivity index (χ0n) is 33.2. The van der Waals surface area contributed by atoms with Gasteiger partial charge < -0.3 is 18.0 Å². The molecule has 0 N–H and O–H groups in total. The van der Waals surface area contributed by atoms with E-state index in [9.17, 15) is 5.26 Å². The van der Waals surface area contributed by atoms with Gasteiger partial charge in [0.25, 0.3) is 0 Å². The first kappa shape index (κ1) is 34.9. The average molecular weight is 809 g/mol. The predicted octanol–water partition coefficient (Wildman–Crippen LogP) is 15.6.